The van der Waals surface area contributed by atoms with E-state index in [1.807, 2.05) is 30.3 Å². The molecule has 0 bridgehead atoms. The molecule has 1 unspecified atom stereocenters. The Kier molecular flexibility index (Phi) is 5.15. The minimum absolute atomic E-state index is 0.393. The Hall–Kier alpha value is -2.58. The topological polar surface area (TPSA) is 74.8 Å². The van der Waals surface area contributed by atoms with Gasteiger partial charge < -0.3 is 4.98 Å². The number of aromatic amines is 1. The second-order valence-corrected chi connectivity index (χ2v) is 7.39. The van der Waals surface area contributed by atoms with Crippen LogP contribution >= 0.6 is 0 Å². The summed E-state index contributed by atoms with van der Waals surface area (Å²) in [5, 5.41) is 0. The molecule has 1 atom stereocenters. The van der Waals surface area contributed by atoms with Gasteiger partial charge in [-0.05, 0) is 24.1 Å². The van der Waals surface area contributed by atoms with E-state index in [0.717, 1.165) is 23.4 Å². The summed E-state index contributed by atoms with van der Waals surface area (Å²) in [6.45, 7) is 1.78. The molecule has 0 aliphatic heterocycles. The molecule has 26 heavy (non-hydrogen) atoms. The number of hydrogen-bond acceptors (Lipinski definition) is 3. The minimum Gasteiger partial charge on any atom is -0.341 e. The zero-order chi connectivity index (χ0) is 18.7. The van der Waals surface area contributed by atoms with Gasteiger partial charge in [0.1, 0.15) is 22.4 Å². The van der Waals surface area contributed by atoms with Gasteiger partial charge in [0, 0.05) is 6.07 Å². The van der Waals surface area contributed by atoms with E-state index in [9.17, 15) is 17.2 Å². The lowest BCUT2D eigenvalue weighted by atomic mass is 10.2. The average molecular weight is 377 g/mol. The first kappa shape index (κ1) is 18.2. The van der Waals surface area contributed by atoms with Crippen LogP contribution in [-0.2, 0) is 10.0 Å². The first-order valence-corrected chi connectivity index (χ1v) is 9.46. The molecule has 2 N–H and O–H groups in total. The zero-order valence-electron chi connectivity index (χ0n) is 13.9. The second-order valence-electron chi connectivity index (χ2n) is 5.71. The maximum atomic E-state index is 13.8. The van der Waals surface area contributed by atoms with Crippen molar-refractivity contribution in [2.75, 3.05) is 0 Å². The number of nitrogens with one attached hydrogen (secondary N) is 2. The number of imidazole rings is 1. The Morgan fingerprint density at radius 3 is 2.54 bits per heavy atom. The number of benzene rings is 2. The third-order valence-electron chi connectivity index (χ3n) is 3.90. The van der Waals surface area contributed by atoms with Gasteiger partial charge in [-0.3, -0.25) is 0 Å². The first-order valence-electron chi connectivity index (χ1n) is 7.98. The Bertz CT molecular complexity index is 1000. The molecule has 1 aromatic heterocycles. The van der Waals surface area contributed by atoms with Gasteiger partial charge in [-0.2, -0.15) is 0 Å². The van der Waals surface area contributed by atoms with Gasteiger partial charge in [0.25, 0.3) is 0 Å². The monoisotopic (exact) mass is 377 g/mol. The summed E-state index contributed by atoms with van der Waals surface area (Å²) in [5.41, 5.74) is 1.65. The van der Waals surface area contributed by atoms with E-state index in [1.165, 1.54) is 0 Å². The van der Waals surface area contributed by atoms with Crippen LogP contribution in [-0.4, -0.2) is 18.4 Å². The standard InChI is InChI=1S/C18H17F2N3O2S/c1-2-15(18-21-11-16(22-18)12-6-4-3-5-7-12)23-26(24,25)17-9-8-13(19)10-14(17)20/h3-11,15,23H,2H2,1H3,(H,21,22). The fourth-order valence-corrected chi connectivity index (χ4v) is 3.90. The zero-order valence-corrected chi connectivity index (χ0v) is 14.7. The molecule has 136 valence electrons. The van der Waals surface area contributed by atoms with Crippen LogP contribution in [0.2, 0.25) is 0 Å². The normalized spacial score (nSPS) is 12.9. The van der Waals surface area contributed by atoms with Crippen molar-refractivity contribution in [2.24, 2.45) is 0 Å². The van der Waals surface area contributed by atoms with Crippen molar-refractivity contribution in [1.29, 1.82) is 0 Å². The molecule has 0 amide bonds. The molecule has 0 saturated carbocycles. The van der Waals surface area contributed by atoms with Gasteiger partial charge in [0.05, 0.1) is 17.9 Å². The molecule has 2 aromatic carbocycles. The van der Waals surface area contributed by atoms with Crippen LogP contribution in [0.4, 0.5) is 8.78 Å². The van der Waals surface area contributed by atoms with Crippen LogP contribution in [0, 0.1) is 11.6 Å². The Balaban J connectivity index is 1.87. The molecule has 0 saturated heterocycles. The molecule has 0 aliphatic rings. The maximum absolute atomic E-state index is 13.8. The highest BCUT2D eigenvalue weighted by molar-refractivity contribution is 7.89. The maximum Gasteiger partial charge on any atom is 0.244 e. The largest absolute Gasteiger partial charge is 0.341 e. The Morgan fingerprint density at radius 2 is 1.88 bits per heavy atom. The lowest BCUT2D eigenvalue weighted by molar-refractivity contribution is 0.522. The summed E-state index contributed by atoms with van der Waals surface area (Å²) < 4.78 is 54.2. The minimum atomic E-state index is -4.17. The molecule has 0 spiro atoms. The third kappa shape index (κ3) is 3.81. The van der Waals surface area contributed by atoms with Crippen molar-refractivity contribution in [1.82, 2.24) is 14.7 Å². The van der Waals surface area contributed by atoms with Crippen LogP contribution in [0.25, 0.3) is 11.3 Å². The number of aromatic nitrogens is 2. The van der Waals surface area contributed by atoms with Gasteiger partial charge in [0.15, 0.2) is 0 Å². The van der Waals surface area contributed by atoms with Crippen molar-refractivity contribution >= 4 is 10.0 Å². The fourth-order valence-electron chi connectivity index (χ4n) is 2.55. The highest BCUT2D eigenvalue weighted by Crippen LogP contribution is 2.23. The first-order chi connectivity index (χ1) is 12.4. The van der Waals surface area contributed by atoms with Gasteiger partial charge >= 0.3 is 0 Å². The second kappa shape index (κ2) is 7.35. The summed E-state index contributed by atoms with van der Waals surface area (Å²) >= 11 is 0. The molecule has 8 heteroatoms. The predicted molar refractivity (Wildman–Crippen MR) is 93.7 cm³/mol. The van der Waals surface area contributed by atoms with E-state index in [2.05, 4.69) is 14.7 Å². The smallest absolute Gasteiger partial charge is 0.244 e. The van der Waals surface area contributed by atoms with E-state index in [4.69, 9.17) is 0 Å². The van der Waals surface area contributed by atoms with Crippen LogP contribution in [0.5, 0.6) is 0 Å². The highest BCUT2D eigenvalue weighted by Gasteiger charge is 2.25. The Labute approximate surface area is 150 Å². The summed E-state index contributed by atoms with van der Waals surface area (Å²) in [6, 6.07) is 11.1. The lowest BCUT2D eigenvalue weighted by Crippen LogP contribution is -2.29. The molecule has 0 radical (unpaired) electrons. The third-order valence-corrected chi connectivity index (χ3v) is 5.40. The van der Waals surface area contributed by atoms with Crippen molar-refractivity contribution < 1.29 is 17.2 Å². The highest BCUT2D eigenvalue weighted by atomic mass is 32.2. The Morgan fingerprint density at radius 1 is 1.15 bits per heavy atom. The van der Waals surface area contributed by atoms with Gasteiger partial charge in [-0.15, -0.1) is 0 Å². The number of halogens is 2. The van der Waals surface area contributed by atoms with Crippen molar-refractivity contribution in [3.8, 4) is 11.3 Å². The van der Waals surface area contributed by atoms with Crippen LogP contribution < -0.4 is 4.72 Å². The molecule has 0 fully saturated rings. The molecule has 5 nitrogen and oxygen atoms in total. The van der Waals surface area contributed by atoms with Crippen LogP contribution in [0.15, 0.2) is 59.6 Å². The molecular weight excluding hydrogens is 360 g/mol. The quantitative estimate of drug-likeness (QED) is 0.686. The van der Waals surface area contributed by atoms with Crippen LogP contribution in [0.1, 0.15) is 25.2 Å². The van der Waals surface area contributed by atoms with E-state index >= 15 is 0 Å². The number of sulfonamides is 1. The molecule has 1 heterocycles. The SMILES string of the molecule is CCC(NS(=O)(=O)c1ccc(F)cc1F)c1ncc(-c2ccccc2)[nH]1. The number of rotatable bonds is 6. The van der Waals surface area contributed by atoms with E-state index in [1.54, 1.807) is 13.1 Å². The summed E-state index contributed by atoms with van der Waals surface area (Å²) in [6.07, 6.45) is 2.00. The van der Waals surface area contributed by atoms with Crippen molar-refractivity contribution in [3.63, 3.8) is 0 Å². The lowest BCUT2D eigenvalue weighted by Gasteiger charge is -2.15. The summed E-state index contributed by atoms with van der Waals surface area (Å²) in [5.74, 6) is -1.57. The molecular formula is C18H17F2N3O2S. The molecule has 0 aliphatic carbocycles. The van der Waals surface area contributed by atoms with Crippen LogP contribution in [0.3, 0.4) is 0 Å². The molecule has 3 aromatic rings. The summed E-state index contributed by atoms with van der Waals surface area (Å²) in [7, 11) is -4.17. The van der Waals surface area contributed by atoms with E-state index < -0.39 is 32.6 Å². The molecule has 3 rings (SSSR count). The average Bonchev–Trinajstić information content (AvgIpc) is 3.10. The van der Waals surface area contributed by atoms with Crippen molar-refractivity contribution in [3.05, 3.63) is 72.2 Å². The van der Waals surface area contributed by atoms with Gasteiger partial charge in [-0.1, -0.05) is 37.3 Å². The van der Waals surface area contributed by atoms with Crippen molar-refractivity contribution in [2.45, 2.75) is 24.3 Å². The van der Waals surface area contributed by atoms with E-state index in [0.29, 0.717) is 18.3 Å². The van der Waals surface area contributed by atoms with Gasteiger partial charge in [0.2, 0.25) is 10.0 Å². The van der Waals surface area contributed by atoms with Gasteiger partial charge in [-0.25, -0.2) is 26.9 Å². The number of H-pyrrole nitrogens is 1. The summed E-state index contributed by atoms with van der Waals surface area (Å²) in [4.78, 5) is 6.72. The van der Waals surface area contributed by atoms with E-state index in [-0.39, 0.29) is 0 Å². The number of nitrogens with zero attached hydrogens (tertiary/aromatic N) is 1. The number of hydrogen-bond donors (Lipinski definition) is 2. The fraction of sp³-hybridized carbons (Fsp3) is 0.167. The predicted octanol–water partition coefficient (Wildman–Crippen LogP) is 3.78.